The first-order chi connectivity index (χ1) is 9.74. The van der Waals surface area contributed by atoms with Crippen LogP contribution in [0.2, 0.25) is 0 Å². The third kappa shape index (κ3) is 5.51. The zero-order chi connectivity index (χ0) is 14.2. The number of hydrogen-bond donors (Lipinski definition) is 2. The summed E-state index contributed by atoms with van der Waals surface area (Å²) in [5.74, 6) is 0.952. The molecule has 1 unspecified atom stereocenters. The summed E-state index contributed by atoms with van der Waals surface area (Å²) in [7, 11) is 0. The van der Waals surface area contributed by atoms with Crippen molar-refractivity contribution < 1.29 is 9.53 Å². The van der Waals surface area contributed by atoms with Crippen molar-refractivity contribution in [2.75, 3.05) is 19.7 Å². The molecule has 1 aromatic carbocycles. The Morgan fingerprint density at radius 3 is 3.15 bits per heavy atom. The van der Waals surface area contributed by atoms with Gasteiger partial charge < -0.3 is 15.4 Å². The van der Waals surface area contributed by atoms with Crippen molar-refractivity contribution in [1.82, 2.24) is 10.6 Å². The number of nitrogens with one attached hydrogen (secondary N) is 2. The van der Waals surface area contributed by atoms with Crippen LogP contribution in [0.25, 0.3) is 0 Å². The lowest BCUT2D eigenvalue weighted by molar-refractivity contribution is -0.122. The van der Waals surface area contributed by atoms with Crippen LogP contribution in [0.4, 0.5) is 0 Å². The molecule has 2 N–H and O–H groups in total. The van der Waals surface area contributed by atoms with E-state index in [1.54, 1.807) is 0 Å². The molecule has 0 saturated carbocycles. The number of benzene rings is 1. The minimum atomic E-state index is 0.122. The Morgan fingerprint density at radius 1 is 1.50 bits per heavy atom. The Hall–Kier alpha value is -1.07. The highest BCUT2D eigenvalue weighted by Gasteiger charge is 2.14. The maximum atomic E-state index is 11.8. The van der Waals surface area contributed by atoms with Crippen molar-refractivity contribution in [1.29, 1.82) is 0 Å². The fourth-order valence-corrected chi connectivity index (χ4v) is 2.63. The predicted octanol–water partition coefficient (Wildman–Crippen LogP) is 2.48. The van der Waals surface area contributed by atoms with Crippen LogP contribution in [-0.4, -0.2) is 31.6 Å². The van der Waals surface area contributed by atoms with Crippen LogP contribution in [0.5, 0.6) is 5.75 Å². The molecule has 1 aliphatic rings. The van der Waals surface area contributed by atoms with Crippen LogP contribution in [0.1, 0.15) is 25.7 Å². The Kier molecular flexibility index (Phi) is 6.33. The molecule has 0 radical (unpaired) electrons. The Balaban J connectivity index is 1.59. The Bertz CT molecular complexity index is 434. The summed E-state index contributed by atoms with van der Waals surface area (Å²) in [6.07, 6.45) is 3.47. The summed E-state index contributed by atoms with van der Waals surface area (Å²) in [6, 6.07) is 8.02. The lowest BCUT2D eigenvalue weighted by Crippen LogP contribution is -2.45. The number of hydrogen-bond acceptors (Lipinski definition) is 3. The third-order valence-corrected chi connectivity index (χ3v) is 3.77. The summed E-state index contributed by atoms with van der Waals surface area (Å²) in [5, 5.41) is 6.35. The largest absolute Gasteiger partial charge is 0.494 e. The first-order valence-corrected chi connectivity index (χ1v) is 7.92. The molecule has 1 fully saturated rings. The van der Waals surface area contributed by atoms with Crippen molar-refractivity contribution >= 4 is 21.8 Å². The highest BCUT2D eigenvalue weighted by molar-refractivity contribution is 9.10. The topological polar surface area (TPSA) is 50.4 Å². The monoisotopic (exact) mass is 340 g/mol. The molecule has 4 nitrogen and oxygen atoms in total. The number of amides is 1. The number of carbonyl (C=O) groups is 1. The molecule has 5 heteroatoms. The minimum absolute atomic E-state index is 0.122. The van der Waals surface area contributed by atoms with Gasteiger partial charge in [0.2, 0.25) is 5.91 Å². The fraction of sp³-hybridized carbons (Fsp3) is 0.533. The number of ether oxygens (including phenoxy) is 1. The lowest BCUT2D eigenvalue weighted by atomic mass is 10.1. The van der Waals surface area contributed by atoms with Crippen LogP contribution in [0, 0.1) is 0 Å². The molecule has 1 heterocycles. The average molecular weight is 341 g/mol. The van der Waals surface area contributed by atoms with E-state index in [-0.39, 0.29) is 5.91 Å². The van der Waals surface area contributed by atoms with Gasteiger partial charge in [-0.3, -0.25) is 4.79 Å². The zero-order valence-corrected chi connectivity index (χ0v) is 13.1. The highest BCUT2D eigenvalue weighted by atomic mass is 79.9. The maximum absolute atomic E-state index is 11.8. The van der Waals surface area contributed by atoms with E-state index in [0.717, 1.165) is 42.6 Å². The molecule has 0 spiro atoms. The fourth-order valence-electron chi connectivity index (χ4n) is 2.25. The van der Waals surface area contributed by atoms with E-state index in [1.165, 1.54) is 0 Å². The van der Waals surface area contributed by atoms with Gasteiger partial charge in [0.15, 0.2) is 0 Å². The van der Waals surface area contributed by atoms with Crippen LogP contribution in [0.15, 0.2) is 28.7 Å². The van der Waals surface area contributed by atoms with E-state index in [0.29, 0.717) is 19.1 Å². The van der Waals surface area contributed by atoms with E-state index in [9.17, 15) is 4.79 Å². The van der Waals surface area contributed by atoms with Gasteiger partial charge in [0, 0.05) is 23.5 Å². The van der Waals surface area contributed by atoms with Gasteiger partial charge in [0.25, 0.3) is 0 Å². The summed E-state index contributed by atoms with van der Waals surface area (Å²) in [4.78, 5) is 11.8. The molecule has 0 aromatic heterocycles. The minimum Gasteiger partial charge on any atom is -0.494 e. The SMILES string of the molecule is O=C(CCCOc1cccc(Br)c1)NC1CCCNC1. The van der Waals surface area contributed by atoms with E-state index in [2.05, 4.69) is 26.6 Å². The quantitative estimate of drug-likeness (QED) is 0.782. The summed E-state index contributed by atoms with van der Waals surface area (Å²) < 4.78 is 6.60. The second kappa shape index (κ2) is 8.27. The molecule has 1 amide bonds. The molecular formula is C15H21BrN2O2. The number of halogens is 1. The molecule has 1 aliphatic heterocycles. The van der Waals surface area contributed by atoms with E-state index >= 15 is 0 Å². The van der Waals surface area contributed by atoms with Crippen LogP contribution in [0.3, 0.4) is 0 Å². The first kappa shape index (κ1) is 15.3. The van der Waals surface area contributed by atoms with Gasteiger partial charge in [-0.15, -0.1) is 0 Å². The van der Waals surface area contributed by atoms with Crippen LogP contribution < -0.4 is 15.4 Å². The smallest absolute Gasteiger partial charge is 0.220 e. The molecule has 1 aromatic rings. The number of rotatable bonds is 6. The van der Waals surface area contributed by atoms with Crippen molar-refractivity contribution in [3.05, 3.63) is 28.7 Å². The Morgan fingerprint density at radius 2 is 2.40 bits per heavy atom. The van der Waals surface area contributed by atoms with Gasteiger partial charge in [0.1, 0.15) is 5.75 Å². The lowest BCUT2D eigenvalue weighted by Gasteiger charge is -2.23. The molecule has 110 valence electrons. The summed E-state index contributed by atoms with van der Waals surface area (Å²) in [5.41, 5.74) is 0. The van der Waals surface area contributed by atoms with Gasteiger partial charge >= 0.3 is 0 Å². The van der Waals surface area contributed by atoms with Crippen molar-refractivity contribution in [2.24, 2.45) is 0 Å². The van der Waals surface area contributed by atoms with Crippen molar-refractivity contribution in [3.63, 3.8) is 0 Å². The van der Waals surface area contributed by atoms with Crippen molar-refractivity contribution in [2.45, 2.75) is 31.7 Å². The number of piperidine rings is 1. The van der Waals surface area contributed by atoms with Gasteiger partial charge in [-0.1, -0.05) is 22.0 Å². The maximum Gasteiger partial charge on any atom is 0.220 e. The van der Waals surface area contributed by atoms with E-state index < -0.39 is 0 Å². The third-order valence-electron chi connectivity index (χ3n) is 3.27. The zero-order valence-electron chi connectivity index (χ0n) is 11.5. The second-order valence-electron chi connectivity index (χ2n) is 5.02. The molecule has 1 saturated heterocycles. The number of carbonyl (C=O) groups excluding carboxylic acids is 1. The summed E-state index contributed by atoms with van der Waals surface area (Å²) >= 11 is 3.40. The molecule has 0 bridgehead atoms. The van der Waals surface area contributed by atoms with E-state index in [4.69, 9.17) is 4.74 Å². The standard InChI is InChI=1S/C15H21BrN2O2/c16-12-4-1-6-14(10-12)20-9-3-7-15(19)18-13-5-2-8-17-11-13/h1,4,6,10,13,17H,2-3,5,7-9,11H2,(H,18,19). The van der Waals surface area contributed by atoms with E-state index in [1.807, 2.05) is 24.3 Å². The second-order valence-corrected chi connectivity index (χ2v) is 5.94. The molecule has 20 heavy (non-hydrogen) atoms. The first-order valence-electron chi connectivity index (χ1n) is 7.12. The molecular weight excluding hydrogens is 320 g/mol. The van der Waals surface area contributed by atoms with Gasteiger partial charge in [0.05, 0.1) is 6.61 Å². The van der Waals surface area contributed by atoms with Gasteiger partial charge in [-0.2, -0.15) is 0 Å². The highest BCUT2D eigenvalue weighted by Crippen LogP contribution is 2.17. The van der Waals surface area contributed by atoms with Crippen molar-refractivity contribution in [3.8, 4) is 5.75 Å². The normalized spacial score (nSPS) is 18.6. The summed E-state index contributed by atoms with van der Waals surface area (Å²) in [6.45, 7) is 2.51. The molecule has 1 atom stereocenters. The average Bonchev–Trinajstić information content (AvgIpc) is 2.45. The molecule has 2 rings (SSSR count). The molecule has 0 aliphatic carbocycles. The van der Waals surface area contributed by atoms with Crippen LogP contribution in [-0.2, 0) is 4.79 Å². The van der Waals surface area contributed by atoms with Gasteiger partial charge in [-0.05, 0) is 44.0 Å². The van der Waals surface area contributed by atoms with Crippen LogP contribution >= 0.6 is 15.9 Å². The predicted molar refractivity (Wildman–Crippen MR) is 82.9 cm³/mol. The van der Waals surface area contributed by atoms with Gasteiger partial charge in [-0.25, -0.2) is 0 Å². The Labute approximate surface area is 128 Å².